The summed E-state index contributed by atoms with van der Waals surface area (Å²) in [5, 5.41) is 5.08. The monoisotopic (exact) mass is 346 g/mol. The average Bonchev–Trinajstić information content (AvgIpc) is 2.63. The molecule has 0 spiro atoms. The van der Waals surface area contributed by atoms with Gasteiger partial charge in [-0.2, -0.15) is 0 Å². The fourth-order valence-electron chi connectivity index (χ4n) is 2.99. The molecule has 1 N–H and O–H groups in total. The number of benzene rings is 3. The van der Waals surface area contributed by atoms with Crippen molar-refractivity contribution in [2.45, 2.75) is 19.9 Å². The van der Waals surface area contributed by atoms with Gasteiger partial charge in [0, 0.05) is 26.2 Å². The Morgan fingerprint density at radius 2 is 1.62 bits per heavy atom. The van der Waals surface area contributed by atoms with Crippen LogP contribution in [0, 0.1) is 0 Å². The summed E-state index contributed by atoms with van der Waals surface area (Å²) in [4.78, 5) is 25.4. The van der Waals surface area contributed by atoms with Crippen LogP contribution in [0.15, 0.2) is 66.7 Å². The van der Waals surface area contributed by atoms with Crippen LogP contribution in [0.3, 0.4) is 0 Å². The molecule has 132 valence electrons. The summed E-state index contributed by atoms with van der Waals surface area (Å²) >= 11 is 0. The topological polar surface area (TPSA) is 49.4 Å². The molecule has 3 rings (SSSR count). The first kappa shape index (κ1) is 17.7. The molecule has 0 atom stereocenters. The summed E-state index contributed by atoms with van der Waals surface area (Å²) in [5.41, 5.74) is 2.80. The van der Waals surface area contributed by atoms with Gasteiger partial charge in [0.15, 0.2) is 0 Å². The molecule has 0 aliphatic carbocycles. The summed E-state index contributed by atoms with van der Waals surface area (Å²) in [5.74, 6) is -0.0474. The molecule has 0 radical (unpaired) electrons. The Morgan fingerprint density at radius 3 is 2.35 bits per heavy atom. The quantitative estimate of drug-likeness (QED) is 0.759. The zero-order chi connectivity index (χ0) is 18.5. The zero-order valence-corrected chi connectivity index (χ0v) is 15.0. The van der Waals surface area contributed by atoms with Gasteiger partial charge in [-0.3, -0.25) is 9.59 Å². The molecule has 0 fully saturated rings. The van der Waals surface area contributed by atoms with Crippen LogP contribution in [0.2, 0.25) is 0 Å². The molecule has 0 aliphatic rings. The lowest BCUT2D eigenvalue weighted by Crippen LogP contribution is -2.27. The van der Waals surface area contributed by atoms with Crippen LogP contribution in [-0.4, -0.2) is 23.8 Å². The maximum absolute atomic E-state index is 12.6. The van der Waals surface area contributed by atoms with Crippen molar-refractivity contribution in [2.24, 2.45) is 0 Å². The van der Waals surface area contributed by atoms with Crippen LogP contribution in [0.25, 0.3) is 10.8 Å². The van der Waals surface area contributed by atoms with Gasteiger partial charge in [0.05, 0.1) is 6.42 Å². The van der Waals surface area contributed by atoms with E-state index in [4.69, 9.17) is 0 Å². The highest BCUT2D eigenvalue weighted by molar-refractivity contribution is 5.89. The molecule has 0 aliphatic heterocycles. The minimum atomic E-state index is -0.108. The van der Waals surface area contributed by atoms with E-state index in [0.29, 0.717) is 13.0 Å². The lowest BCUT2D eigenvalue weighted by atomic mass is 10.0. The summed E-state index contributed by atoms with van der Waals surface area (Å²) in [7, 11) is 1.83. The second-order valence-electron chi connectivity index (χ2n) is 6.44. The third kappa shape index (κ3) is 4.28. The van der Waals surface area contributed by atoms with Crippen molar-refractivity contribution >= 4 is 28.3 Å². The van der Waals surface area contributed by atoms with E-state index in [2.05, 4.69) is 29.6 Å². The number of anilines is 1. The SMILES string of the molecule is CC(=O)Nc1ccc(CC(=O)N(C)Cc2cccc3ccccc23)cc1. The first-order valence-corrected chi connectivity index (χ1v) is 8.60. The number of hydrogen-bond acceptors (Lipinski definition) is 2. The largest absolute Gasteiger partial charge is 0.341 e. The number of carbonyl (C=O) groups excluding carboxylic acids is 2. The molecule has 3 aromatic rings. The van der Waals surface area contributed by atoms with E-state index >= 15 is 0 Å². The van der Waals surface area contributed by atoms with E-state index in [1.807, 2.05) is 49.5 Å². The molecule has 0 bridgehead atoms. The predicted octanol–water partition coefficient (Wildman–Crippen LogP) is 4.00. The normalized spacial score (nSPS) is 10.5. The Labute approximate surface area is 153 Å². The number of hydrogen-bond donors (Lipinski definition) is 1. The lowest BCUT2D eigenvalue weighted by Gasteiger charge is -2.18. The van der Waals surface area contributed by atoms with Crippen LogP contribution in [0.1, 0.15) is 18.1 Å². The molecule has 0 saturated carbocycles. The Bertz CT molecular complexity index is 927. The first-order valence-electron chi connectivity index (χ1n) is 8.60. The van der Waals surface area contributed by atoms with E-state index in [1.54, 1.807) is 4.90 Å². The molecule has 4 nitrogen and oxygen atoms in total. The van der Waals surface area contributed by atoms with Crippen LogP contribution >= 0.6 is 0 Å². The third-order valence-electron chi connectivity index (χ3n) is 4.34. The van der Waals surface area contributed by atoms with E-state index < -0.39 is 0 Å². The molecule has 3 aromatic carbocycles. The van der Waals surface area contributed by atoms with E-state index in [0.717, 1.165) is 16.8 Å². The van der Waals surface area contributed by atoms with Gasteiger partial charge in [0.25, 0.3) is 0 Å². The van der Waals surface area contributed by atoms with Gasteiger partial charge in [-0.05, 0) is 34.0 Å². The van der Waals surface area contributed by atoms with E-state index in [-0.39, 0.29) is 11.8 Å². The molecule has 0 unspecified atom stereocenters. The van der Waals surface area contributed by atoms with Crippen LogP contribution < -0.4 is 5.32 Å². The predicted molar refractivity (Wildman–Crippen MR) is 105 cm³/mol. The molecule has 4 heteroatoms. The molecule has 0 aromatic heterocycles. The minimum Gasteiger partial charge on any atom is -0.341 e. The van der Waals surface area contributed by atoms with Crippen LogP contribution in [-0.2, 0) is 22.6 Å². The number of nitrogens with zero attached hydrogens (tertiary/aromatic N) is 1. The maximum atomic E-state index is 12.6. The third-order valence-corrected chi connectivity index (χ3v) is 4.34. The fourth-order valence-corrected chi connectivity index (χ4v) is 2.99. The van der Waals surface area contributed by atoms with Crippen molar-refractivity contribution in [1.29, 1.82) is 0 Å². The van der Waals surface area contributed by atoms with E-state index in [9.17, 15) is 9.59 Å². The zero-order valence-electron chi connectivity index (χ0n) is 15.0. The van der Waals surface area contributed by atoms with E-state index in [1.165, 1.54) is 17.7 Å². The fraction of sp³-hybridized carbons (Fsp3) is 0.182. The van der Waals surface area contributed by atoms with Crippen molar-refractivity contribution < 1.29 is 9.59 Å². The molecule has 26 heavy (non-hydrogen) atoms. The average molecular weight is 346 g/mol. The van der Waals surface area contributed by atoms with Gasteiger partial charge in [-0.1, -0.05) is 54.6 Å². The highest BCUT2D eigenvalue weighted by Gasteiger charge is 2.12. The molecule has 0 heterocycles. The smallest absolute Gasteiger partial charge is 0.227 e. The standard InChI is InChI=1S/C22H22N2O2/c1-16(25)23-20-12-10-17(11-13-20)14-22(26)24(2)15-19-8-5-7-18-6-3-4-9-21(18)19/h3-13H,14-15H2,1-2H3,(H,23,25). The van der Waals surface area contributed by atoms with Crippen LogP contribution in [0.4, 0.5) is 5.69 Å². The Kier molecular flexibility index (Phi) is 5.32. The molecular formula is C22H22N2O2. The van der Waals surface area contributed by atoms with Gasteiger partial charge in [-0.25, -0.2) is 0 Å². The summed E-state index contributed by atoms with van der Waals surface area (Å²) in [6, 6.07) is 21.7. The molecule has 0 saturated heterocycles. The van der Waals surface area contributed by atoms with Gasteiger partial charge in [0.2, 0.25) is 11.8 Å². The van der Waals surface area contributed by atoms with Gasteiger partial charge < -0.3 is 10.2 Å². The number of likely N-dealkylation sites (N-methyl/N-ethyl adjacent to an activating group) is 1. The van der Waals surface area contributed by atoms with Crippen LogP contribution in [0.5, 0.6) is 0 Å². The second-order valence-corrected chi connectivity index (χ2v) is 6.44. The number of fused-ring (bicyclic) bond motifs is 1. The summed E-state index contributed by atoms with van der Waals surface area (Å²) in [6.45, 7) is 2.05. The van der Waals surface area contributed by atoms with Crippen molar-refractivity contribution in [3.63, 3.8) is 0 Å². The Balaban J connectivity index is 1.67. The first-order chi connectivity index (χ1) is 12.5. The lowest BCUT2D eigenvalue weighted by molar-refractivity contribution is -0.129. The highest BCUT2D eigenvalue weighted by atomic mass is 16.2. The molecule has 2 amide bonds. The van der Waals surface area contributed by atoms with Crippen molar-refractivity contribution in [2.75, 3.05) is 12.4 Å². The van der Waals surface area contributed by atoms with Gasteiger partial charge in [-0.15, -0.1) is 0 Å². The number of carbonyl (C=O) groups is 2. The summed E-state index contributed by atoms with van der Waals surface area (Å²) < 4.78 is 0. The van der Waals surface area contributed by atoms with Gasteiger partial charge in [0.1, 0.15) is 0 Å². The van der Waals surface area contributed by atoms with Crippen molar-refractivity contribution in [3.05, 3.63) is 77.9 Å². The number of amides is 2. The minimum absolute atomic E-state index is 0.0604. The Hall–Kier alpha value is -3.14. The maximum Gasteiger partial charge on any atom is 0.227 e. The number of rotatable bonds is 5. The highest BCUT2D eigenvalue weighted by Crippen LogP contribution is 2.20. The number of nitrogens with one attached hydrogen (secondary N) is 1. The second kappa shape index (κ2) is 7.83. The summed E-state index contributed by atoms with van der Waals surface area (Å²) in [6.07, 6.45) is 0.335. The Morgan fingerprint density at radius 1 is 0.923 bits per heavy atom. The van der Waals surface area contributed by atoms with Crippen molar-refractivity contribution in [1.82, 2.24) is 4.90 Å². The molecular weight excluding hydrogens is 324 g/mol. The van der Waals surface area contributed by atoms with Gasteiger partial charge >= 0.3 is 0 Å². The van der Waals surface area contributed by atoms with Crippen molar-refractivity contribution in [3.8, 4) is 0 Å².